The van der Waals surface area contributed by atoms with Crippen LogP contribution in [0, 0.1) is 12.8 Å². The molecule has 5 heteroatoms. The van der Waals surface area contributed by atoms with Crippen LogP contribution in [0.1, 0.15) is 43.2 Å². The van der Waals surface area contributed by atoms with E-state index in [0.29, 0.717) is 25.4 Å². The molecule has 0 spiro atoms. The fourth-order valence-electron chi connectivity index (χ4n) is 4.16. The first-order valence-electron chi connectivity index (χ1n) is 9.78. The Hall–Kier alpha value is -2.56. The van der Waals surface area contributed by atoms with Crippen molar-refractivity contribution in [2.24, 2.45) is 13.0 Å². The number of carbonyl (C=O) groups is 1. The van der Waals surface area contributed by atoms with Gasteiger partial charge in [0.25, 0.3) is 5.56 Å². The van der Waals surface area contributed by atoms with E-state index >= 15 is 0 Å². The molecule has 1 saturated carbocycles. The van der Waals surface area contributed by atoms with Crippen LogP contribution in [0.2, 0.25) is 0 Å². The van der Waals surface area contributed by atoms with Gasteiger partial charge < -0.3 is 14.6 Å². The zero-order valence-corrected chi connectivity index (χ0v) is 16.0. The normalized spacial score (nSPS) is 16.9. The lowest BCUT2D eigenvalue weighted by molar-refractivity contribution is -0.116. The largest absolute Gasteiger partial charge is 0.491 e. The van der Waals surface area contributed by atoms with E-state index in [1.54, 1.807) is 11.6 Å². The van der Waals surface area contributed by atoms with Crippen molar-refractivity contribution in [1.29, 1.82) is 0 Å². The monoisotopic (exact) mass is 366 g/mol. The number of fused-ring (bicyclic) bond motifs is 1. The van der Waals surface area contributed by atoms with E-state index in [-0.39, 0.29) is 11.5 Å². The highest BCUT2D eigenvalue weighted by molar-refractivity contribution is 5.96. The Morgan fingerprint density at radius 3 is 2.63 bits per heavy atom. The molecule has 0 atom stereocenters. The molecule has 27 heavy (non-hydrogen) atoms. The molecule has 2 heterocycles. The minimum atomic E-state index is 0.0154. The first-order chi connectivity index (χ1) is 13.0. The average molecular weight is 366 g/mol. The molecule has 1 N–H and O–H groups in total. The van der Waals surface area contributed by atoms with Gasteiger partial charge in [-0.05, 0) is 67.0 Å². The number of anilines is 1. The molecule has 1 aliphatic carbocycles. The molecule has 142 valence electrons. The molecule has 1 fully saturated rings. The van der Waals surface area contributed by atoms with Gasteiger partial charge in [-0.2, -0.15) is 0 Å². The van der Waals surface area contributed by atoms with Crippen LogP contribution >= 0.6 is 0 Å². The molecule has 2 aliphatic rings. The second-order valence-electron chi connectivity index (χ2n) is 7.85. The van der Waals surface area contributed by atoms with Gasteiger partial charge >= 0.3 is 0 Å². The van der Waals surface area contributed by atoms with Gasteiger partial charge in [-0.1, -0.05) is 12.8 Å². The van der Waals surface area contributed by atoms with E-state index in [1.807, 2.05) is 25.3 Å². The third kappa shape index (κ3) is 3.64. The average Bonchev–Trinajstić information content (AvgIpc) is 3.17. The van der Waals surface area contributed by atoms with Crippen molar-refractivity contribution in [3.05, 3.63) is 45.9 Å². The summed E-state index contributed by atoms with van der Waals surface area (Å²) in [5.41, 5.74) is 4.65. The summed E-state index contributed by atoms with van der Waals surface area (Å²) in [5, 5.41) is 3.00. The number of hydrogen-bond acceptors (Lipinski definition) is 3. The van der Waals surface area contributed by atoms with Gasteiger partial charge in [0.2, 0.25) is 5.91 Å². The molecule has 1 aliphatic heterocycles. The van der Waals surface area contributed by atoms with E-state index in [2.05, 4.69) is 11.4 Å². The number of nitrogens with zero attached hydrogens (tertiary/aromatic N) is 1. The number of ether oxygens (including phenoxy) is 1. The fraction of sp³-hybridized carbons (Fsp3) is 0.455. The van der Waals surface area contributed by atoms with Crippen LogP contribution < -0.4 is 15.6 Å². The van der Waals surface area contributed by atoms with E-state index in [1.165, 1.54) is 25.7 Å². The maximum absolute atomic E-state index is 12.0. The van der Waals surface area contributed by atoms with Crippen molar-refractivity contribution in [2.75, 3.05) is 11.9 Å². The number of hydrogen-bond donors (Lipinski definition) is 1. The highest BCUT2D eigenvalue weighted by Gasteiger charge is 2.22. The third-order valence-electron chi connectivity index (χ3n) is 5.71. The first kappa shape index (κ1) is 17.8. The van der Waals surface area contributed by atoms with Crippen LogP contribution in [0.3, 0.4) is 0 Å². The number of amides is 1. The van der Waals surface area contributed by atoms with Crippen LogP contribution in [0.25, 0.3) is 11.1 Å². The maximum Gasteiger partial charge on any atom is 0.253 e. The van der Waals surface area contributed by atoms with Crippen molar-refractivity contribution in [3.8, 4) is 16.9 Å². The van der Waals surface area contributed by atoms with Gasteiger partial charge in [-0.15, -0.1) is 0 Å². The molecule has 0 radical (unpaired) electrons. The van der Waals surface area contributed by atoms with Gasteiger partial charge in [-0.3, -0.25) is 9.59 Å². The zero-order valence-electron chi connectivity index (χ0n) is 16.0. The predicted molar refractivity (Wildman–Crippen MR) is 106 cm³/mol. The first-order valence-corrected chi connectivity index (χ1v) is 9.78. The van der Waals surface area contributed by atoms with Gasteiger partial charge in [0.05, 0.1) is 12.3 Å². The molecule has 1 aromatic carbocycles. The molecule has 5 nitrogen and oxygen atoms in total. The summed E-state index contributed by atoms with van der Waals surface area (Å²) in [5.74, 6) is 1.39. The summed E-state index contributed by atoms with van der Waals surface area (Å²) in [4.78, 5) is 23.9. The van der Waals surface area contributed by atoms with Gasteiger partial charge in [0.15, 0.2) is 0 Å². The van der Waals surface area contributed by atoms with Crippen LogP contribution in [0.5, 0.6) is 5.75 Å². The maximum atomic E-state index is 12.0. The number of nitrogens with one attached hydrogen (secondary N) is 1. The van der Waals surface area contributed by atoms with Crippen molar-refractivity contribution in [2.45, 2.75) is 45.4 Å². The second-order valence-corrected chi connectivity index (χ2v) is 7.85. The van der Waals surface area contributed by atoms with Crippen LogP contribution in [-0.4, -0.2) is 17.1 Å². The molecule has 4 rings (SSSR count). The van der Waals surface area contributed by atoms with Gasteiger partial charge in [0.1, 0.15) is 5.75 Å². The number of benzene rings is 1. The SMILES string of the molecule is Cc1cc(-c2cc3c(c(OCC4CCCC4)c2)NC(=O)CC3)cn(C)c1=O. The lowest BCUT2D eigenvalue weighted by Gasteiger charge is -2.23. The second kappa shape index (κ2) is 7.22. The summed E-state index contributed by atoms with van der Waals surface area (Å²) in [6.45, 7) is 2.53. The van der Waals surface area contributed by atoms with Crippen molar-refractivity contribution < 1.29 is 9.53 Å². The fourth-order valence-corrected chi connectivity index (χ4v) is 4.16. The van der Waals surface area contributed by atoms with Crippen LogP contribution in [0.15, 0.2) is 29.2 Å². The highest BCUT2D eigenvalue weighted by atomic mass is 16.5. The van der Waals surface area contributed by atoms with Crippen molar-refractivity contribution in [3.63, 3.8) is 0 Å². The Bertz CT molecular complexity index is 913. The molecular formula is C22H26N2O3. The number of aryl methyl sites for hydroxylation is 3. The summed E-state index contributed by atoms with van der Waals surface area (Å²) in [7, 11) is 1.77. The Kier molecular flexibility index (Phi) is 4.77. The lowest BCUT2D eigenvalue weighted by atomic mass is 9.96. The Labute approximate surface area is 159 Å². The smallest absolute Gasteiger partial charge is 0.253 e. The van der Waals surface area contributed by atoms with Gasteiger partial charge in [-0.25, -0.2) is 0 Å². The summed E-state index contributed by atoms with van der Waals surface area (Å²) < 4.78 is 7.82. The molecule has 1 aromatic heterocycles. The number of carbonyl (C=O) groups excluding carboxylic acids is 1. The molecular weight excluding hydrogens is 340 g/mol. The number of rotatable bonds is 4. The van der Waals surface area contributed by atoms with E-state index < -0.39 is 0 Å². The topological polar surface area (TPSA) is 60.3 Å². The standard InChI is InChI=1S/C22H26N2O3/c1-14-9-18(12-24(2)22(14)26)17-10-16-7-8-20(25)23-21(16)19(11-17)27-13-15-5-3-4-6-15/h9-12,15H,3-8,13H2,1-2H3,(H,23,25). The number of aromatic nitrogens is 1. The predicted octanol–water partition coefficient (Wildman–Crippen LogP) is 3.81. The van der Waals surface area contributed by atoms with Crippen LogP contribution in [-0.2, 0) is 18.3 Å². The Morgan fingerprint density at radius 2 is 1.89 bits per heavy atom. The third-order valence-corrected chi connectivity index (χ3v) is 5.71. The molecule has 0 saturated heterocycles. The Balaban J connectivity index is 1.73. The van der Waals surface area contributed by atoms with Gasteiger partial charge in [0, 0.05) is 25.2 Å². The van der Waals surface area contributed by atoms with E-state index in [0.717, 1.165) is 33.7 Å². The quantitative estimate of drug-likeness (QED) is 0.895. The van der Waals surface area contributed by atoms with Crippen molar-refractivity contribution in [1.82, 2.24) is 4.57 Å². The van der Waals surface area contributed by atoms with Crippen LogP contribution in [0.4, 0.5) is 5.69 Å². The van der Waals surface area contributed by atoms with E-state index in [4.69, 9.17) is 4.74 Å². The summed E-state index contributed by atoms with van der Waals surface area (Å²) in [6.07, 6.45) is 8.05. The molecule has 0 bridgehead atoms. The molecule has 0 unspecified atom stereocenters. The summed E-state index contributed by atoms with van der Waals surface area (Å²) in [6, 6.07) is 6.03. The lowest BCUT2D eigenvalue weighted by Crippen LogP contribution is -2.21. The summed E-state index contributed by atoms with van der Waals surface area (Å²) >= 11 is 0. The number of pyridine rings is 1. The van der Waals surface area contributed by atoms with Crippen molar-refractivity contribution >= 4 is 11.6 Å². The Morgan fingerprint density at radius 1 is 1.11 bits per heavy atom. The highest BCUT2D eigenvalue weighted by Crippen LogP contribution is 2.38. The molecule has 1 amide bonds. The minimum Gasteiger partial charge on any atom is -0.491 e. The zero-order chi connectivity index (χ0) is 19.0. The van der Waals surface area contributed by atoms with E-state index in [9.17, 15) is 9.59 Å². The molecule has 2 aromatic rings. The minimum absolute atomic E-state index is 0.0154.